The minimum absolute atomic E-state index is 0.0000921. The second-order valence-corrected chi connectivity index (χ2v) is 6.84. The van der Waals surface area contributed by atoms with E-state index in [2.05, 4.69) is 41.6 Å². The Morgan fingerprint density at radius 1 is 1.39 bits per heavy atom. The smallest absolute Gasteiger partial charge is 0.129 e. The summed E-state index contributed by atoms with van der Waals surface area (Å²) in [6, 6.07) is 5.21. The Kier molecular flexibility index (Phi) is 3.81. The quantitative estimate of drug-likeness (QED) is 0.860. The molecule has 1 aromatic rings. The van der Waals surface area contributed by atoms with Crippen LogP contribution in [-0.2, 0) is 0 Å². The Bertz CT molecular complexity index is 442. The monoisotopic (exact) mass is 314 g/mol. The molecule has 0 aliphatic carbocycles. The van der Waals surface area contributed by atoms with Crippen LogP contribution in [0.4, 0.5) is 4.39 Å². The molecule has 1 aromatic carbocycles. The van der Waals surface area contributed by atoms with E-state index in [1.165, 1.54) is 6.07 Å². The number of halogens is 2. The van der Waals surface area contributed by atoms with E-state index in [0.29, 0.717) is 5.56 Å². The minimum atomic E-state index is -0.180. The van der Waals surface area contributed by atoms with E-state index in [-0.39, 0.29) is 23.4 Å². The largest absolute Gasteiger partial charge is 0.326 e. The van der Waals surface area contributed by atoms with Crippen molar-refractivity contribution in [1.82, 2.24) is 4.90 Å². The van der Waals surface area contributed by atoms with Crippen molar-refractivity contribution in [3.05, 3.63) is 34.1 Å². The second-order valence-electron chi connectivity index (χ2n) is 5.93. The lowest BCUT2D eigenvalue weighted by Gasteiger charge is -2.38. The lowest BCUT2D eigenvalue weighted by molar-refractivity contribution is 0.115. The Labute approximate surface area is 116 Å². The molecule has 1 fully saturated rings. The number of benzene rings is 1. The minimum Gasteiger partial charge on any atom is -0.326 e. The van der Waals surface area contributed by atoms with E-state index < -0.39 is 0 Å². The van der Waals surface area contributed by atoms with Crippen LogP contribution < -0.4 is 5.73 Å². The Balaban J connectivity index is 2.40. The van der Waals surface area contributed by atoms with Gasteiger partial charge >= 0.3 is 0 Å². The zero-order chi connectivity index (χ0) is 13.5. The molecule has 0 bridgehead atoms. The fourth-order valence-corrected chi connectivity index (χ4v) is 3.04. The maximum absolute atomic E-state index is 14.1. The first-order chi connectivity index (χ1) is 8.30. The Morgan fingerprint density at radius 3 is 2.61 bits per heavy atom. The fraction of sp³-hybridized carbons (Fsp3) is 0.571. The first kappa shape index (κ1) is 14.0. The van der Waals surface area contributed by atoms with Gasteiger partial charge in [0, 0.05) is 28.2 Å². The van der Waals surface area contributed by atoms with Crippen molar-refractivity contribution in [2.75, 3.05) is 6.54 Å². The summed E-state index contributed by atoms with van der Waals surface area (Å²) in [7, 11) is 0. The van der Waals surface area contributed by atoms with Crippen molar-refractivity contribution in [3.63, 3.8) is 0 Å². The lowest BCUT2D eigenvalue weighted by Crippen LogP contribution is -2.43. The van der Waals surface area contributed by atoms with Crippen molar-refractivity contribution in [2.24, 2.45) is 5.73 Å². The van der Waals surface area contributed by atoms with Crippen molar-refractivity contribution < 1.29 is 4.39 Å². The summed E-state index contributed by atoms with van der Waals surface area (Å²) in [5, 5.41) is 0. The molecule has 1 aliphatic rings. The number of likely N-dealkylation sites (tertiary alicyclic amines) is 1. The highest BCUT2D eigenvalue weighted by molar-refractivity contribution is 9.10. The molecule has 0 aromatic heterocycles. The van der Waals surface area contributed by atoms with Crippen LogP contribution in [0.5, 0.6) is 0 Å². The second kappa shape index (κ2) is 4.91. The first-order valence-corrected chi connectivity index (χ1v) is 7.07. The van der Waals surface area contributed by atoms with Crippen LogP contribution in [-0.4, -0.2) is 23.0 Å². The Morgan fingerprint density at radius 2 is 2.06 bits per heavy atom. The molecular weight excluding hydrogens is 295 g/mol. The van der Waals surface area contributed by atoms with E-state index in [0.717, 1.165) is 17.4 Å². The van der Waals surface area contributed by atoms with E-state index >= 15 is 0 Å². The normalized spacial score (nSPS) is 25.7. The first-order valence-electron chi connectivity index (χ1n) is 6.28. The molecule has 1 aliphatic heterocycles. The van der Waals surface area contributed by atoms with Gasteiger partial charge in [-0.05, 0) is 39.3 Å². The number of nitrogens with two attached hydrogens (primary N) is 1. The van der Waals surface area contributed by atoms with Crippen molar-refractivity contribution >= 4 is 15.9 Å². The van der Waals surface area contributed by atoms with Gasteiger partial charge in [-0.2, -0.15) is 0 Å². The summed E-state index contributed by atoms with van der Waals surface area (Å²) in [6.45, 7) is 7.36. The molecule has 1 heterocycles. The van der Waals surface area contributed by atoms with Crippen molar-refractivity contribution in [2.45, 2.75) is 44.8 Å². The highest BCUT2D eigenvalue weighted by atomic mass is 79.9. The molecule has 100 valence electrons. The molecule has 2 atom stereocenters. The zero-order valence-corrected chi connectivity index (χ0v) is 12.7. The average Bonchev–Trinajstić information content (AvgIpc) is 2.60. The maximum atomic E-state index is 14.1. The predicted molar refractivity (Wildman–Crippen MR) is 75.9 cm³/mol. The summed E-state index contributed by atoms with van der Waals surface area (Å²) in [6.07, 6.45) is 0.914. The van der Waals surface area contributed by atoms with Crippen LogP contribution in [0.3, 0.4) is 0 Å². The number of hydrogen-bond donors (Lipinski definition) is 1. The van der Waals surface area contributed by atoms with Crippen LogP contribution in [0, 0.1) is 5.82 Å². The molecule has 0 radical (unpaired) electrons. The summed E-state index contributed by atoms with van der Waals surface area (Å²) in [5.74, 6) is -0.180. The van der Waals surface area contributed by atoms with Gasteiger partial charge in [-0.1, -0.05) is 22.0 Å². The summed E-state index contributed by atoms with van der Waals surface area (Å²) < 4.78 is 14.9. The maximum Gasteiger partial charge on any atom is 0.129 e. The van der Waals surface area contributed by atoms with Gasteiger partial charge < -0.3 is 5.73 Å². The third kappa shape index (κ3) is 2.60. The Hall–Kier alpha value is -0.450. The summed E-state index contributed by atoms with van der Waals surface area (Å²) >= 11 is 3.29. The van der Waals surface area contributed by atoms with Gasteiger partial charge in [-0.25, -0.2) is 4.39 Å². The van der Waals surface area contributed by atoms with Gasteiger partial charge in [-0.3, -0.25) is 4.90 Å². The van der Waals surface area contributed by atoms with E-state index in [9.17, 15) is 4.39 Å². The fourth-order valence-electron chi connectivity index (χ4n) is 2.71. The van der Waals surface area contributed by atoms with Gasteiger partial charge in [0.15, 0.2) is 0 Å². The third-order valence-electron chi connectivity index (χ3n) is 3.59. The summed E-state index contributed by atoms with van der Waals surface area (Å²) in [5.41, 5.74) is 6.89. The van der Waals surface area contributed by atoms with E-state index in [1.54, 1.807) is 0 Å². The topological polar surface area (TPSA) is 29.3 Å². The van der Waals surface area contributed by atoms with Gasteiger partial charge in [0.1, 0.15) is 5.82 Å². The molecule has 2 rings (SSSR count). The van der Waals surface area contributed by atoms with Crippen LogP contribution in [0.25, 0.3) is 0 Å². The molecule has 0 spiro atoms. The van der Waals surface area contributed by atoms with Crippen LogP contribution in [0.2, 0.25) is 0 Å². The van der Waals surface area contributed by atoms with Crippen LogP contribution >= 0.6 is 15.9 Å². The molecule has 2 unspecified atom stereocenters. The van der Waals surface area contributed by atoms with Crippen molar-refractivity contribution in [3.8, 4) is 0 Å². The van der Waals surface area contributed by atoms with Gasteiger partial charge in [0.25, 0.3) is 0 Å². The zero-order valence-electron chi connectivity index (χ0n) is 11.1. The molecule has 1 saturated heterocycles. The SMILES string of the molecule is CC(C)(C)N1CCC(N)C1c1ccc(Br)cc1F. The third-order valence-corrected chi connectivity index (χ3v) is 4.08. The molecule has 2 N–H and O–H groups in total. The highest BCUT2D eigenvalue weighted by Crippen LogP contribution is 2.38. The molecule has 4 heteroatoms. The highest BCUT2D eigenvalue weighted by Gasteiger charge is 2.39. The number of hydrogen-bond acceptors (Lipinski definition) is 2. The van der Waals surface area contributed by atoms with Crippen molar-refractivity contribution in [1.29, 1.82) is 0 Å². The standard InChI is InChI=1S/C14H20BrFN2/c1-14(2,3)18-7-6-12(17)13(18)10-5-4-9(15)8-11(10)16/h4-5,8,12-13H,6-7,17H2,1-3H3. The molecule has 0 amide bonds. The van der Waals surface area contributed by atoms with Gasteiger partial charge in [0.05, 0.1) is 6.04 Å². The molecule has 0 saturated carbocycles. The molecule has 2 nitrogen and oxygen atoms in total. The number of rotatable bonds is 1. The van der Waals surface area contributed by atoms with Crippen LogP contribution in [0.15, 0.2) is 22.7 Å². The van der Waals surface area contributed by atoms with Gasteiger partial charge in [0.2, 0.25) is 0 Å². The van der Waals surface area contributed by atoms with E-state index in [4.69, 9.17) is 5.73 Å². The lowest BCUT2D eigenvalue weighted by atomic mass is 9.96. The molecule has 18 heavy (non-hydrogen) atoms. The predicted octanol–water partition coefficient (Wildman–Crippen LogP) is 3.46. The van der Waals surface area contributed by atoms with Gasteiger partial charge in [-0.15, -0.1) is 0 Å². The average molecular weight is 315 g/mol. The number of nitrogens with zero attached hydrogens (tertiary/aromatic N) is 1. The summed E-state index contributed by atoms with van der Waals surface area (Å²) in [4.78, 5) is 2.30. The molecular formula is C14H20BrFN2. The van der Waals surface area contributed by atoms with Crippen LogP contribution in [0.1, 0.15) is 38.8 Å². The van der Waals surface area contributed by atoms with E-state index in [1.807, 2.05) is 12.1 Å².